The first-order chi connectivity index (χ1) is 11.5. The fourth-order valence-electron chi connectivity index (χ4n) is 2.34. The quantitative estimate of drug-likeness (QED) is 0.589. The first-order valence-corrected chi connectivity index (χ1v) is 7.95. The first kappa shape index (κ1) is 17.7. The summed E-state index contributed by atoms with van der Waals surface area (Å²) in [6.07, 6.45) is 1.70. The largest absolute Gasteiger partial charge is 0.461 e. The second-order valence-electron chi connectivity index (χ2n) is 5.91. The highest BCUT2D eigenvalue weighted by Gasteiger charge is 2.08. The molecule has 124 valence electrons. The SMILES string of the molecule is CC(=O)CC(=O)OCC=C(c1ccc(C)cc1)c1ccc(C)cc1. The molecule has 0 aliphatic carbocycles. The second kappa shape index (κ2) is 8.25. The van der Waals surface area contributed by atoms with Crippen LogP contribution in [-0.2, 0) is 14.3 Å². The van der Waals surface area contributed by atoms with Gasteiger partial charge in [-0.15, -0.1) is 0 Å². The number of benzene rings is 2. The summed E-state index contributed by atoms with van der Waals surface area (Å²) < 4.78 is 5.14. The van der Waals surface area contributed by atoms with Gasteiger partial charge in [0, 0.05) is 0 Å². The number of Topliss-reactive ketones (excluding diaryl/α,β-unsaturated/α-hetero) is 1. The minimum atomic E-state index is -0.495. The molecule has 0 saturated heterocycles. The lowest BCUT2D eigenvalue weighted by atomic mass is 9.96. The van der Waals surface area contributed by atoms with Crippen LogP contribution >= 0.6 is 0 Å². The summed E-state index contributed by atoms with van der Waals surface area (Å²) >= 11 is 0. The Balaban J connectivity index is 2.24. The third kappa shape index (κ3) is 5.20. The number of ether oxygens (including phenoxy) is 1. The summed E-state index contributed by atoms with van der Waals surface area (Å²) in [7, 11) is 0. The third-order valence-corrected chi connectivity index (χ3v) is 3.65. The highest BCUT2D eigenvalue weighted by molar-refractivity contribution is 5.94. The lowest BCUT2D eigenvalue weighted by molar-refractivity contribution is -0.144. The van der Waals surface area contributed by atoms with Crippen LogP contribution in [0.4, 0.5) is 0 Å². The van der Waals surface area contributed by atoms with E-state index in [1.165, 1.54) is 18.1 Å². The van der Waals surface area contributed by atoms with Gasteiger partial charge in [-0.1, -0.05) is 59.7 Å². The molecule has 0 fully saturated rings. The molecule has 0 radical (unpaired) electrons. The Kier molecular flexibility index (Phi) is 6.07. The molecular formula is C21H22O3. The average molecular weight is 322 g/mol. The zero-order valence-corrected chi connectivity index (χ0v) is 14.3. The van der Waals surface area contributed by atoms with Gasteiger partial charge in [-0.2, -0.15) is 0 Å². The lowest BCUT2D eigenvalue weighted by Gasteiger charge is -2.10. The van der Waals surface area contributed by atoms with Gasteiger partial charge in [-0.05, 0) is 43.5 Å². The molecule has 3 heteroatoms. The highest BCUT2D eigenvalue weighted by atomic mass is 16.5. The molecule has 0 bridgehead atoms. The Morgan fingerprint density at radius 1 is 0.875 bits per heavy atom. The van der Waals surface area contributed by atoms with Crippen LogP contribution < -0.4 is 0 Å². The fourth-order valence-corrected chi connectivity index (χ4v) is 2.34. The first-order valence-electron chi connectivity index (χ1n) is 7.95. The van der Waals surface area contributed by atoms with Crippen molar-refractivity contribution in [2.45, 2.75) is 27.2 Å². The van der Waals surface area contributed by atoms with Crippen molar-refractivity contribution < 1.29 is 14.3 Å². The molecule has 3 nitrogen and oxygen atoms in total. The van der Waals surface area contributed by atoms with Crippen molar-refractivity contribution in [3.05, 3.63) is 76.9 Å². The maximum atomic E-state index is 11.5. The van der Waals surface area contributed by atoms with Gasteiger partial charge in [-0.25, -0.2) is 0 Å². The van der Waals surface area contributed by atoms with Gasteiger partial charge in [0.2, 0.25) is 0 Å². The fraction of sp³-hybridized carbons (Fsp3) is 0.238. The van der Waals surface area contributed by atoms with Crippen molar-refractivity contribution in [3.63, 3.8) is 0 Å². The van der Waals surface area contributed by atoms with Gasteiger partial charge in [0.1, 0.15) is 18.8 Å². The highest BCUT2D eigenvalue weighted by Crippen LogP contribution is 2.24. The van der Waals surface area contributed by atoms with Crippen LogP contribution in [0.5, 0.6) is 0 Å². The molecule has 0 saturated carbocycles. The molecule has 0 aliphatic heterocycles. The zero-order valence-electron chi connectivity index (χ0n) is 14.3. The van der Waals surface area contributed by atoms with Crippen molar-refractivity contribution in [2.24, 2.45) is 0 Å². The zero-order chi connectivity index (χ0) is 17.5. The van der Waals surface area contributed by atoms with E-state index in [-0.39, 0.29) is 18.8 Å². The molecular weight excluding hydrogens is 300 g/mol. The summed E-state index contributed by atoms with van der Waals surface area (Å²) in [6.45, 7) is 5.61. The van der Waals surface area contributed by atoms with Crippen molar-refractivity contribution in [1.82, 2.24) is 0 Å². The molecule has 2 aromatic rings. The van der Waals surface area contributed by atoms with E-state index in [0.29, 0.717) is 0 Å². The summed E-state index contributed by atoms with van der Waals surface area (Å²) in [6, 6.07) is 16.4. The van der Waals surface area contributed by atoms with E-state index in [1.807, 2.05) is 19.9 Å². The van der Waals surface area contributed by atoms with Crippen molar-refractivity contribution in [3.8, 4) is 0 Å². The van der Waals surface area contributed by atoms with Crippen LogP contribution in [0.15, 0.2) is 54.6 Å². The smallest absolute Gasteiger partial charge is 0.313 e. The number of carbonyl (C=O) groups excluding carboxylic acids is 2. The number of rotatable bonds is 6. The van der Waals surface area contributed by atoms with Crippen molar-refractivity contribution in [1.29, 1.82) is 0 Å². The minimum Gasteiger partial charge on any atom is -0.461 e. The minimum absolute atomic E-state index is 0.142. The number of ketones is 1. The monoisotopic (exact) mass is 322 g/mol. The van der Waals surface area contributed by atoms with Crippen LogP contribution in [-0.4, -0.2) is 18.4 Å². The summed E-state index contributed by atoms with van der Waals surface area (Å²) in [5, 5.41) is 0. The lowest BCUT2D eigenvalue weighted by Crippen LogP contribution is -2.09. The van der Waals surface area contributed by atoms with E-state index >= 15 is 0 Å². The van der Waals surface area contributed by atoms with Crippen LogP contribution in [0.25, 0.3) is 5.57 Å². The Morgan fingerprint density at radius 2 is 1.33 bits per heavy atom. The Morgan fingerprint density at radius 3 is 1.75 bits per heavy atom. The van der Waals surface area contributed by atoms with E-state index in [9.17, 15) is 9.59 Å². The molecule has 0 atom stereocenters. The van der Waals surface area contributed by atoms with E-state index in [4.69, 9.17) is 4.74 Å². The van der Waals surface area contributed by atoms with Gasteiger partial charge in [0.15, 0.2) is 0 Å². The van der Waals surface area contributed by atoms with E-state index in [2.05, 4.69) is 48.5 Å². The molecule has 0 unspecified atom stereocenters. The molecule has 0 aromatic heterocycles. The predicted molar refractivity (Wildman–Crippen MR) is 95.7 cm³/mol. The maximum absolute atomic E-state index is 11.5. The topological polar surface area (TPSA) is 43.4 Å². The molecule has 0 spiro atoms. The molecule has 2 rings (SSSR count). The third-order valence-electron chi connectivity index (χ3n) is 3.65. The van der Waals surface area contributed by atoms with Gasteiger partial charge in [0.05, 0.1) is 0 Å². The number of aryl methyl sites for hydroxylation is 2. The summed E-state index contributed by atoms with van der Waals surface area (Å²) in [5.74, 6) is -0.688. The number of hydrogen-bond acceptors (Lipinski definition) is 3. The van der Waals surface area contributed by atoms with Gasteiger partial charge in [-0.3, -0.25) is 9.59 Å². The van der Waals surface area contributed by atoms with E-state index < -0.39 is 5.97 Å². The predicted octanol–water partition coefficient (Wildman–Crippen LogP) is 4.26. The van der Waals surface area contributed by atoms with Gasteiger partial charge >= 0.3 is 5.97 Å². The van der Waals surface area contributed by atoms with Crippen LogP contribution in [0, 0.1) is 13.8 Å². The molecule has 0 heterocycles. The van der Waals surface area contributed by atoms with Gasteiger partial charge in [0.25, 0.3) is 0 Å². The summed E-state index contributed by atoms with van der Waals surface area (Å²) in [4.78, 5) is 22.5. The van der Waals surface area contributed by atoms with Crippen LogP contribution in [0.1, 0.15) is 35.6 Å². The number of hydrogen-bond donors (Lipinski definition) is 0. The standard InChI is InChI=1S/C21H22O3/c1-15-4-8-18(9-5-15)20(19-10-6-16(2)7-11-19)12-13-24-21(23)14-17(3)22/h4-12H,13-14H2,1-3H3. The molecule has 2 aromatic carbocycles. The molecule has 0 amide bonds. The Labute approximate surface area is 143 Å². The van der Waals surface area contributed by atoms with E-state index in [0.717, 1.165) is 16.7 Å². The second-order valence-corrected chi connectivity index (χ2v) is 5.91. The Bertz CT molecular complexity index is 690. The van der Waals surface area contributed by atoms with Crippen molar-refractivity contribution in [2.75, 3.05) is 6.61 Å². The van der Waals surface area contributed by atoms with Crippen LogP contribution in [0.2, 0.25) is 0 Å². The van der Waals surface area contributed by atoms with E-state index in [1.54, 1.807) is 0 Å². The number of carbonyl (C=O) groups is 2. The maximum Gasteiger partial charge on any atom is 0.313 e. The molecule has 0 aliphatic rings. The normalized spacial score (nSPS) is 10.1. The van der Waals surface area contributed by atoms with Crippen molar-refractivity contribution >= 4 is 17.3 Å². The number of esters is 1. The molecule has 0 N–H and O–H groups in total. The molecule has 24 heavy (non-hydrogen) atoms. The van der Waals surface area contributed by atoms with Crippen LogP contribution in [0.3, 0.4) is 0 Å². The Hall–Kier alpha value is -2.68. The average Bonchev–Trinajstić information content (AvgIpc) is 2.53. The summed E-state index contributed by atoms with van der Waals surface area (Å²) in [5.41, 5.74) is 5.51. The van der Waals surface area contributed by atoms with Gasteiger partial charge < -0.3 is 4.74 Å².